The summed E-state index contributed by atoms with van der Waals surface area (Å²) in [6.07, 6.45) is 0. The third kappa shape index (κ3) is 2120. The van der Waals surface area contributed by atoms with E-state index in [2.05, 4.69) is 0 Å². The van der Waals surface area contributed by atoms with Crippen LogP contribution < -0.4 is 0 Å². The molecule has 0 aromatic carbocycles. The Morgan fingerprint density at radius 2 is 0.889 bits per heavy atom. The number of rotatable bonds is 0. The van der Waals surface area contributed by atoms with Gasteiger partial charge in [-0.05, 0) is 0 Å². The molecule has 0 aliphatic rings. The summed E-state index contributed by atoms with van der Waals surface area (Å²) in [5, 5.41) is 14.8. The maximum absolute atomic E-state index is 8.25. The Balaban J connectivity index is -0.00000000450. The van der Waals surface area contributed by atoms with E-state index >= 15 is 0 Å². The standard InChI is InChI=1S/NO3.4H2O.Pr/c2-1(3)4;;;;;/h;4*1H2;/q-1;;;;;. The van der Waals surface area contributed by atoms with Gasteiger partial charge in [0.15, 0.2) is 0 Å². The Kier molecular flexibility index (Phi) is 253. The van der Waals surface area contributed by atoms with Crippen LogP contribution in [0.5, 0.6) is 0 Å². The monoisotopic (exact) mass is 275 g/mol. The maximum Gasteiger partial charge on any atom is 0.0689 e. The van der Waals surface area contributed by atoms with E-state index in [1.165, 1.54) is 0 Å². The van der Waals surface area contributed by atoms with Crippen molar-refractivity contribution in [2.24, 2.45) is 0 Å². The molecule has 0 aromatic heterocycles. The van der Waals surface area contributed by atoms with Gasteiger partial charge < -0.3 is 37.2 Å². The first-order valence-electron chi connectivity index (χ1n) is 0.548. The van der Waals surface area contributed by atoms with Crippen molar-refractivity contribution < 1.29 is 68.3 Å². The second-order valence-electron chi connectivity index (χ2n) is 0.224. The zero-order valence-corrected chi connectivity index (χ0v) is 7.95. The molecule has 0 atom stereocenters. The van der Waals surface area contributed by atoms with Gasteiger partial charge in [-0.15, -0.1) is 0 Å². The topological polar surface area (TPSA) is 192 Å². The summed E-state index contributed by atoms with van der Waals surface area (Å²) in [6, 6.07) is 0. The predicted octanol–water partition coefficient (Wildman–Crippen LogP) is -3.54. The van der Waals surface area contributed by atoms with Gasteiger partial charge in [0.05, 0.1) is 5.09 Å². The molecular formula is H8NO7Pr-. The van der Waals surface area contributed by atoms with Crippen molar-refractivity contribution in [3.05, 3.63) is 15.3 Å². The molecule has 0 amide bonds. The molecule has 0 aliphatic carbocycles. The zero-order chi connectivity index (χ0) is 3.58. The molecule has 0 rings (SSSR count). The van der Waals surface area contributed by atoms with Crippen LogP contribution in [0.25, 0.3) is 0 Å². The van der Waals surface area contributed by atoms with Crippen LogP contribution in [0.15, 0.2) is 0 Å². The van der Waals surface area contributed by atoms with E-state index in [9.17, 15) is 0 Å². The van der Waals surface area contributed by atoms with Gasteiger partial charge in [0.1, 0.15) is 0 Å². The summed E-state index contributed by atoms with van der Waals surface area (Å²) < 4.78 is 0. The molecule has 0 aliphatic heterocycles. The van der Waals surface area contributed by atoms with Crippen molar-refractivity contribution in [1.29, 1.82) is 0 Å². The van der Waals surface area contributed by atoms with Crippen molar-refractivity contribution in [3.8, 4) is 0 Å². The second kappa shape index (κ2) is 39.8. The molecule has 0 fully saturated rings. The van der Waals surface area contributed by atoms with Crippen molar-refractivity contribution in [2.45, 2.75) is 0 Å². The van der Waals surface area contributed by atoms with E-state index in [0.29, 0.717) is 0 Å². The van der Waals surface area contributed by atoms with Crippen molar-refractivity contribution in [1.82, 2.24) is 0 Å². The molecule has 0 heterocycles. The molecule has 9 heteroatoms. The molecule has 0 aromatic rings. The van der Waals surface area contributed by atoms with Gasteiger partial charge in [0, 0.05) is 41.3 Å². The molecule has 59 valence electrons. The molecule has 8 N–H and O–H groups in total. The smallest absolute Gasteiger partial charge is 0.0689 e. The summed E-state index contributed by atoms with van der Waals surface area (Å²) in [4.78, 5) is 8.25. The Morgan fingerprint density at radius 3 is 0.889 bits per heavy atom. The molecule has 8 nitrogen and oxygen atoms in total. The van der Waals surface area contributed by atoms with E-state index < -0.39 is 5.09 Å². The summed E-state index contributed by atoms with van der Waals surface area (Å²) in [6.45, 7) is 0. The second-order valence-corrected chi connectivity index (χ2v) is 0.224. The van der Waals surface area contributed by atoms with Gasteiger partial charge >= 0.3 is 0 Å². The number of hydrogen-bond acceptors (Lipinski definition) is 3. The zero-order valence-electron chi connectivity index (χ0n) is 4.25. The van der Waals surface area contributed by atoms with Crippen molar-refractivity contribution >= 4 is 0 Å². The fourth-order valence-electron chi connectivity index (χ4n) is 0. The predicted molar refractivity (Wildman–Crippen MR) is 24.8 cm³/mol. The fraction of sp³-hybridized carbons (Fsp3) is 0. The van der Waals surface area contributed by atoms with Crippen LogP contribution in [0.3, 0.4) is 0 Å². The summed E-state index contributed by atoms with van der Waals surface area (Å²) in [5.74, 6) is 0. The first-order valence-corrected chi connectivity index (χ1v) is 0.548. The van der Waals surface area contributed by atoms with Crippen LogP contribution in [-0.2, 0) is 0 Å². The van der Waals surface area contributed by atoms with E-state index in [1.807, 2.05) is 0 Å². The summed E-state index contributed by atoms with van der Waals surface area (Å²) in [5.41, 5.74) is 0. The molecule has 0 saturated carbocycles. The van der Waals surface area contributed by atoms with Gasteiger partial charge in [0.25, 0.3) is 0 Å². The Hall–Kier alpha value is 0.404. The van der Waals surface area contributed by atoms with Crippen LogP contribution in [0.1, 0.15) is 0 Å². The average molecular weight is 275 g/mol. The van der Waals surface area contributed by atoms with Crippen molar-refractivity contribution in [2.75, 3.05) is 0 Å². The third-order valence-corrected chi connectivity index (χ3v) is 0. The molecule has 0 spiro atoms. The minimum Gasteiger partial charge on any atom is -0.412 e. The van der Waals surface area contributed by atoms with Gasteiger partial charge in [-0.25, -0.2) is 0 Å². The normalized spacial score (nSPS) is 2.67. The van der Waals surface area contributed by atoms with E-state index in [-0.39, 0.29) is 63.2 Å². The minimum absolute atomic E-state index is 0. The molecule has 9 heavy (non-hydrogen) atoms. The largest absolute Gasteiger partial charge is 0.412 e. The maximum atomic E-state index is 8.25. The van der Waals surface area contributed by atoms with Crippen LogP contribution in [0.2, 0.25) is 0 Å². The first-order chi connectivity index (χ1) is 1.73. The van der Waals surface area contributed by atoms with Gasteiger partial charge in [-0.3, -0.25) is 0 Å². The quantitative estimate of drug-likeness (QED) is 0.327. The van der Waals surface area contributed by atoms with Crippen LogP contribution in [0.4, 0.5) is 0 Å². The van der Waals surface area contributed by atoms with Gasteiger partial charge in [-0.1, -0.05) is 0 Å². The van der Waals surface area contributed by atoms with E-state index in [0.717, 1.165) is 0 Å². The molecule has 0 bridgehead atoms. The van der Waals surface area contributed by atoms with Crippen LogP contribution >= 0.6 is 0 Å². The van der Waals surface area contributed by atoms with E-state index in [4.69, 9.17) is 15.3 Å². The molecular weight excluding hydrogens is 267 g/mol. The Morgan fingerprint density at radius 1 is 0.889 bits per heavy atom. The Labute approximate surface area is 83.2 Å². The number of hydrogen-bond donors (Lipinski definition) is 0. The minimum atomic E-state index is -1.75. The van der Waals surface area contributed by atoms with Crippen LogP contribution in [-0.4, -0.2) is 27.0 Å². The number of nitrogens with zero attached hydrogens (tertiary/aromatic N) is 1. The SMILES string of the molecule is O.O.O.O.O=[N+]([O-])[O-].[Pr]. The first kappa shape index (κ1) is 57.3. The molecule has 0 saturated heterocycles. The fourth-order valence-corrected chi connectivity index (χ4v) is 0. The Bertz CT molecular complexity index is 31.9. The van der Waals surface area contributed by atoms with E-state index in [1.54, 1.807) is 0 Å². The third-order valence-electron chi connectivity index (χ3n) is 0. The summed E-state index contributed by atoms with van der Waals surface area (Å²) in [7, 11) is 0. The average Bonchev–Trinajstić information content (AvgIpc) is 0.811. The van der Waals surface area contributed by atoms with Crippen molar-refractivity contribution in [3.63, 3.8) is 0 Å². The van der Waals surface area contributed by atoms with Gasteiger partial charge in [0.2, 0.25) is 0 Å². The summed E-state index contributed by atoms with van der Waals surface area (Å²) >= 11 is 0. The van der Waals surface area contributed by atoms with Gasteiger partial charge in [-0.2, -0.15) is 0 Å². The molecule has 0 unspecified atom stereocenters. The molecule has 1 radical (unpaired) electrons. The van der Waals surface area contributed by atoms with Crippen LogP contribution in [0, 0.1) is 56.6 Å².